The van der Waals surface area contributed by atoms with E-state index < -0.39 is 18.3 Å². The van der Waals surface area contributed by atoms with Crippen molar-refractivity contribution in [1.29, 1.82) is 0 Å². The van der Waals surface area contributed by atoms with Crippen LogP contribution in [0.4, 0.5) is 0 Å². The summed E-state index contributed by atoms with van der Waals surface area (Å²) in [5.41, 5.74) is 9.11. The molecule has 3 aromatic carbocycles. The molecule has 196 valence electrons. The van der Waals surface area contributed by atoms with E-state index in [1.807, 2.05) is 0 Å². The zero-order chi connectivity index (χ0) is 25.0. The number of hydrogen-bond donors (Lipinski definition) is 0. The summed E-state index contributed by atoms with van der Waals surface area (Å²) in [6, 6.07) is 27.5. The number of allylic oxidation sites excluding steroid dienone is 4. The molecule has 0 aromatic heterocycles. The van der Waals surface area contributed by atoms with Crippen molar-refractivity contribution in [3.8, 4) is 11.1 Å². The van der Waals surface area contributed by atoms with Crippen molar-refractivity contribution in [1.82, 2.24) is 0 Å². The van der Waals surface area contributed by atoms with Crippen molar-refractivity contribution in [3.63, 3.8) is 0 Å². The average Bonchev–Trinajstić information content (AvgIpc) is 3.43. The Kier molecular flexibility index (Phi) is 8.57. The van der Waals surface area contributed by atoms with E-state index in [2.05, 4.69) is 118 Å². The van der Waals surface area contributed by atoms with E-state index in [4.69, 9.17) is 4.21 Å². The van der Waals surface area contributed by atoms with Gasteiger partial charge in [-0.3, -0.25) is 0 Å². The number of hydrogen-bond acceptors (Lipinski definition) is 0. The first kappa shape index (κ1) is 30.0. The Hall–Kier alpha value is -1.53. The van der Waals surface area contributed by atoms with Gasteiger partial charge in [0, 0.05) is 0 Å². The molecule has 3 heteroatoms. The van der Waals surface area contributed by atoms with Gasteiger partial charge in [-0.05, 0) is 0 Å². The molecule has 0 bridgehead atoms. The molecule has 0 amide bonds. The van der Waals surface area contributed by atoms with E-state index >= 15 is 0 Å². The van der Waals surface area contributed by atoms with E-state index in [0.29, 0.717) is 5.92 Å². The maximum atomic E-state index is 5.50. The van der Waals surface area contributed by atoms with E-state index in [9.17, 15) is 0 Å². The molecule has 1 unspecified atom stereocenters. The predicted molar refractivity (Wildman–Crippen MR) is 167 cm³/mol. The first-order valence-corrected chi connectivity index (χ1v) is 21.3. The summed E-state index contributed by atoms with van der Waals surface area (Å²) in [5, 5.41) is 0. The third kappa shape index (κ3) is 4.54. The Morgan fingerprint density at radius 2 is 1.46 bits per heavy atom. The monoisotopic (exact) mass is 610 g/mol. The van der Waals surface area contributed by atoms with Crippen molar-refractivity contribution < 1.29 is 18.3 Å². The van der Waals surface area contributed by atoms with Crippen LogP contribution in [0.5, 0.6) is 0 Å². The van der Waals surface area contributed by atoms with Crippen LogP contribution in [0.3, 0.4) is 0 Å². The van der Waals surface area contributed by atoms with Gasteiger partial charge in [0.05, 0.1) is 0 Å². The van der Waals surface area contributed by atoms with Gasteiger partial charge in [-0.2, -0.15) is 0 Å². The minimum atomic E-state index is -4.25. The molecule has 0 heterocycles. The molecule has 2 aliphatic rings. The summed E-state index contributed by atoms with van der Waals surface area (Å²) in [6.07, 6.45) is 5.85. The van der Waals surface area contributed by atoms with Crippen molar-refractivity contribution >= 4 is 35.6 Å². The van der Waals surface area contributed by atoms with Gasteiger partial charge in [0.1, 0.15) is 0 Å². The van der Waals surface area contributed by atoms with Gasteiger partial charge in [0.25, 0.3) is 0 Å². The van der Waals surface area contributed by atoms with Crippen LogP contribution >= 0.6 is 24.8 Å². The fourth-order valence-electron chi connectivity index (χ4n) is 7.21. The second-order valence-electron chi connectivity index (χ2n) is 12.1. The molecule has 37 heavy (non-hydrogen) atoms. The van der Waals surface area contributed by atoms with Crippen LogP contribution in [-0.4, -0.2) is 4.21 Å². The molecule has 0 spiro atoms. The van der Waals surface area contributed by atoms with Crippen LogP contribution < -0.4 is 6.54 Å². The summed E-state index contributed by atoms with van der Waals surface area (Å²) in [4.78, 5) is 0. The van der Waals surface area contributed by atoms with Gasteiger partial charge in [-0.15, -0.1) is 24.8 Å². The summed E-state index contributed by atoms with van der Waals surface area (Å²) in [6.45, 7) is 11.9. The summed E-state index contributed by atoms with van der Waals surface area (Å²) in [7, 11) is 0. The molecule has 2 aliphatic carbocycles. The Bertz CT molecular complexity index is 1440. The molecule has 3 aromatic rings. The van der Waals surface area contributed by atoms with Crippen LogP contribution in [0, 0.1) is 11.3 Å². The van der Waals surface area contributed by atoms with Gasteiger partial charge >= 0.3 is 214 Å². The predicted octanol–water partition coefficient (Wildman–Crippen LogP) is 8.90. The van der Waals surface area contributed by atoms with Crippen LogP contribution in [0.1, 0.15) is 58.6 Å². The summed E-state index contributed by atoms with van der Waals surface area (Å²) >= 11 is -4.25. The second-order valence-corrected chi connectivity index (χ2v) is 26.1. The third-order valence-corrected chi connectivity index (χ3v) is 23.5. The number of benzene rings is 3. The molecule has 0 fully saturated rings. The average molecular weight is 613 g/mol. The Balaban J connectivity index is 0.00000190. The molecule has 5 rings (SSSR count). The first-order chi connectivity index (χ1) is 16.6. The zero-order valence-electron chi connectivity index (χ0n) is 23.2. The fourth-order valence-corrected chi connectivity index (χ4v) is 22.0. The second kappa shape index (κ2) is 10.6. The molecule has 0 saturated carbocycles. The molecule has 1 atom stereocenters. The van der Waals surface area contributed by atoms with E-state index in [1.165, 1.54) is 25.5 Å². The molecule has 0 radical (unpaired) electrons. The van der Waals surface area contributed by atoms with Gasteiger partial charge in [0.2, 0.25) is 0 Å². The molecule has 0 nitrogen and oxygen atoms in total. The number of fused-ring (bicyclic) bond motifs is 3. The molecule has 0 N–H and O–H groups in total. The van der Waals surface area contributed by atoms with Crippen LogP contribution in [0.2, 0.25) is 4.63 Å². The Labute approximate surface area is 237 Å². The summed E-state index contributed by atoms with van der Waals surface area (Å²) in [5.74, 6) is 0.465. The van der Waals surface area contributed by atoms with Crippen molar-refractivity contribution in [3.05, 3.63) is 104 Å². The fraction of sp³-hybridized carbons (Fsp3) is 0.324. The first-order valence-electron chi connectivity index (χ1n) is 13.4. The van der Waals surface area contributed by atoms with Crippen LogP contribution in [0.25, 0.3) is 11.1 Å². The molecular formula is C34H42Cl2Zr. The van der Waals surface area contributed by atoms with Gasteiger partial charge in [0.15, 0.2) is 0 Å². The Morgan fingerprint density at radius 3 is 2.08 bits per heavy atom. The van der Waals surface area contributed by atoms with E-state index in [0.717, 1.165) is 19.3 Å². The van der Waals surface area contributed by atoms with E-state index in [1.54, 1.807) is 17.7 Å². The quantitative estimate of drug-likeness (QED) is 0.211. The van der Waals surface area contributed by atoms with Crippen LogP contribution in [-0.2, 0) is 24.7 Å². The topological polar surface area (TPSA) is 0 Å². The van der Waals surface area contributed by atoms with E-state index in [-0.39, 0.29) is 30.2 Å². The zero-order valence-corrected chi connectivity index (χ0v) is 27.3. The van der Waals surface area contributed by atoms with Gasteiger partial charge < -0.3 is 0 Å². The van der Waals surface area contributed by atoms with Crippen molar-refractivity contribution in [2.45, 2.75) is 58.5 Å². The standard InChI is InChI=1S/C13H9.C13H21.C6H5.CH3.CH2.2ClH.Zr/c1-3-7-12-10(5-1)9-11-6-2-4-8-13(11)12;1-6-10-8-11(7-2)12(9-10)13(3,4)5;1-2-4-6-5-3-1;;;;;/h1-5,7-8H,9H2;9-10H,6-7H2,1-5H3;1-5H;1H3;1H2;2*1H;. The normalized spacial score (nSPS) is 16.9. The number of halogens is 2. The Morgan fingerprint density at radius 1 is 0.838 bits per heavy atom. The molecule has 0 aliphatic heterocycles. The van der Waals surface area contributed by atoms with Gasteiger partial charge in [-0.1, -0.05) is 0 Å². The van der Waals surface area contributed by atoms with Gasteiger partial charge in [-0.25, -0.2) is 0 Å². The van der Waals surface area contributed by atoms with Crippen molar-refractivity contribution in [2.75, 3.05) is 0 Å². The van der Waals surface area contributed by atoms with Crippen LogP contribution in [0.15, 0.2) is 93.3 Å². The summed E-state index contributed by atoms with van der Waals surface area (Å²) < 4.78 is 12.9. The maximum absolute atomic E-state index is 5.50. The SMILES string of the molecule is Cl.Cl.[CH2]=[Zr]([CH3])([C]1=C(CC)C(C(C)(C)C)=CC1CC)([c]1ccccc1)[c]1cccc2c1Cc1ccccc1-2. The molecular weight excluding hydrogens is 571 g/mol. The van der Waals surface area contributed by atoms with Crippen molar-refractivity contribution in [2.24, 2.45) is 11.3 Å². The third-order valence-electron chi connectivity index (χ3n) is 8.85. The molecule has 0 saturated heterocycles. The minimum absolute atomic E-state index is 0. The number of rotatable bonds is 5.